The van der Waals surface area contributed by atoms with Crippen molar-refractivity contribution in [2.24, 2.45) is 0 Å². The number of benzene rings is 4. The average Bonchev–Trinajstić information content (AvgIpc) is 3.21. The van der Waals surface area contributed by atoms with Gasteiger partial charge < -0.3 is 8.98 Å². The quantitative estimate of drug-likeness (QED) is 0.313. The summed E-state index contributed by atoms with van der Waals surface area (Å²) in [5.41, 5.74) is 6.69. The predicted molar refractivity (Wildman–Crippen MR) is 113 cm³/mol. The summed E-state index contributed by atoms with van der Waals surface area (Å²) in [6.07, 6.45) is 0. The number of rotatable bonds is 1. The summed E-state index contributed by atoms with van der Waals surface area (Å²) in [7, 11) is 0. The fourth-order valence-corrected chi connectivity index (χ4v) is 4.23. The Bertz CT molecular complexity index is 1480. The molecule has 0 radical (unpaired) electrons. The Hall–Kier alpha value is -3.52. The molecule has 0 unspecified atom stereocenters. The molecule has 0 spiro atoms. The lowest BCUT2D eigenvalue weighted by molar-refractivity contribution is 0.669. The topological polar surface area (TPSA) is 18.1 Å². The van der Waals surface area contributed by atoms with E-state index in [9.17, 15) is 0 Å². The Labute approximate surface area is 156 Å². The largest absolute Gasteiger partial charge is 0.456 e. The van der Waals surface area contributed by atoms with Crippen molar-refractivity contribution in [2.75, 3.05) is 0 Å². The highest BCUT2D eigenvalue weighted by Crippen LogP contribution is 2.38. The van der Waals surface area contributed by atoms with Crippen molar-refractivity contribution in [1.82, 2.24) is 4.57 Å². The van der Waals surface area contributed by atoms with Crippen molar-refractivity contribution >= 4 is 43.7 Å². The van der Waals surface area contributed by atoms with Crippen LogP contribution in [0.4, 0.5) is 0 Å². The summed E-state index contributed by atoms with van der Waals surface area (Å²) in [6, 6.07) is 30.0. The van der Waals surface area contributed by atoms with E-state index in [0.29, 0.717) is 0 Å². The predicted octanol–water partition coefficient (Wildman–Crippen LogP) is 6.99. The van der Waals surface area contributed by atoms with Gasteiger partial charge in [0.25, 0.3) is 0 Å². The molecule has 4 aromatic carbocycles. The molecule has 0 aliphatic heterocycles. The number of nitrogens with zero attached hydrogens (tertiary/aromatic N) is 1. The van der Waals surface area contributed by atoms with Gasteiger partial charge >= 0.3 is 0 Å². The molecule has 0 saturated heterocycles. The highest BCUT2D eigenvalue weighted by Gasteiger charge is 2.15. The van der Waals surface area contributed by atoms with Gasteiger partial charge in [-0.15, -0.1) is 0 Å². The molecule has 6 rings (SSSR count). The number of aryl methyl sites for hydroxylation is 1. The van der Waals surface area contributed by atoms with E-state index >= 15 is 0 Å². The number of fused-ring (bicyclic) bond motifs is 6. The van der Waals surface area contributed by atoms with Crippen LogP contribution in [0.3, 0.4) is 0 Å². The number of hydrogen-bond donors (Lipinski definition) is 0. The minimum absolute atomic E-state index is 0.931. The summed E-state index contributed by atoms with van der Waals surface area (Å²) in [5.74, 6) is 0. The minimum atomic E-state index is 0.931. The van der Waals surface area contributed by atoms with Crippen molar-refractivity contribution in [3.05, 3.63) is 90.5 Å². The van der Waals surface area contributed by atoms with Crippen molar-refractivity contribution < 1.29 is 4.42 Å². The molecule has 0 saturated carbocycles. The lowest BCUT2D eigenvalue weighted by Gasteiger charge is -2.08. The Balaban J connectivity index is 1.83. The minimum Gasteiger partial charge on any atom is -0.456 e. The summed E-state index contributed by atoms with van der Waals surface area (Å²) in [5, 5.41) is 4.86. The van der Waals surface area contributed by atoms with E-state index in [1.165, 1.54) is 43.8 Å². The maximum absolute atomic E-state index is 6.16. The van der Waals surface area contributed by atoms with Gasteiger partial charge in [0, 0.05) is 33.3 Å². The maximum atomic E-state index is 6.16. The highest BCUT2D eigenvalue weighted by atomic mass is 16.3. The fourth-order valence-electron chi connectivity index (χ4n) is 4.23. The molecule has 2 heteroatoms. The van der Waals surface area contributed by atoms with E-state index in [4.69, 9.17) is 4.42 Å². The molecular weight excluding hydrogens is 330 g/mol. The highest BCUT2D eigenvalue weighted by molar-refractivity contribution is 6.17. The molecular formula is C25H17NO. The molecule has 0 amide bonds. The molecule has 2 nitrogen and oxygen atoms in total. The Kier molecular flexibility index (Phi) is 2.84. The third-order valence-corrected chi connectivity index (χ3v) is 5.43. The Morgan fingerprint density at radius 1 is 0.593 bits per heavy atom. The number of para-hydroxylation sites is 2. The molecule has 0 bridgehead atoms. The van der Waals surface area contributed by atoms with Crippen LogP contribution < -0.4 is 0 Å². The second-order valence-corrected chi connectivity index (χ2v) is 7.16. The molecule has 0 atom stereocenters. The van der Waals surface area contributed by atoms with Crippen LogP contribution >= 0.6 is 0 Å². The van der Waals surface area contributed by atoms with Crippen molar-refractivity contribution in [1.29, 1.82) is 0 Å². The van der Waals surface area contributed by atoms with E-state index in [0.717, 1.165) is 11.2 Å². The Morgan fingerprint density at radius 2 is 1.41 bits per heavy atom. The number of aromatic nitrogens is 1. The molecule has 2 aromatic heterocycles. The molecule has 2 heterocycles. The Morgan fingerprint density at radius 3 is 2.30 bits per heavy atom. The smallest absolute Gasteiger partial charge is 0.137 e. The second-order valence-electron chi connectivity index (χ2n) is 7.16. The molecule has 27 heavy (non-hydrogen) atoms. The lowest BCUT2D eigenvalue weighted by Crippen LogP contribution is -1.93. The van der Waals surface area contributed by atoms with Gasteiger partial charge in [0.05, 0.1) is 11.0 Å². The van der Waals surface area contributed by atoms with Crippen molar-refractivity contribution in [3.8, 4) is 5.69 Å². The first-order valence-electron chi connectivity index (χ1n) is 9.21. The van der Waals surface area contributed by atoms with Crippen LogP contribution in [0.1, 0.15) is 5.56 Å². The maximum Gasteiger partial charge on any atom is 0.137 e. The first-order chi connectivity index (χ1) is 13.3. The summed E-state index contributed by atoms with van der Waals surface area (Å²) >= 11 is 0. The van der Waals surface area contributed by atoms with Crippen LogP contribution in [0.5, 0.6) is 0 Å². The summed E-state index contributed by atoms with van der Waals surface area (Å²) in [6.45, 7) is 2.13. The normalized spacial score (nSPS) is 11.9. The van der Waals surface area contributed by atoms with E-state index in [2.05, 4.69) is 84.3 Å². The van der Waals surface area contributed by atoms with Gasteiger partial charge in [-0.3, -0.25) is 0 Å². The number of furan rings is 1. The van der Waals surface area contributed by atoms with Crippen LogP contribution in [-0.4, -0.2) is 4.57 Å². The van der Waals surface area contributed by atoms with Gasteiger partial charge in [-0.05, 0) is 42.8 Å². The van der Waals surface area contributed by atoms with Crippen LogP contribution in [0, 0.1) is 6.92 Å². The molecule has 128 valence electrons. The third-order valence-electron chi connectivity index (χ3n) is 5.43. The van der Waals surface area contributed by atoms with E-state index in [1.54, 1.807) is 0 Å². The zero-order chi connectivity index (χ0) is 18.0. The molecule has 0 aliphatic rings. The molecule has 6 aromatic rings. The molecule has 0 N–H and O–H groups in total. The zero-order valence-corrected chi connectivity index (χ0v) is 14.9. The summed E-state index contributed by atoms with van der Waals surface area (Å²) in [4.78, 5) is 0. The first kappa shape index (κ1) is 14.6. The lowest BCUT2D eigenvalue weighted by atomic mass is 10.1. The van der Waals surface area contributed by atoms with Gasteiger partial charge in [-0.2, -0.15) is 0 Å². The third kappa shape index (κ3) is 2.01. The SMILES string of the molecule is Cc1cccc(-n2c3ccccc3c3cc4c(cc32)oc2ccccc24)c1. The number of hydrogen-bond acceptors (Lipinski definition) is 1. The first-order valence-corrected chi connectivity index (χ1v) is 9.21. The van der Waals surface area contributed by atoms with Gasteiger partial charge in [-0.1, -0.05) is 48.5 Å². The van der Waals surface area contributed by atoms with Crippen LogP contribution in [0.2, 0.25) is 0 Å². The van der Waals surface area contributed by atoms with E-state index in [1.807, 2.05) is 12.1 Å². The van der Waals surface area contributed by atoms with Crippen molar-refractivity contribution in [3.63, 3.8) is 0 Å². The zero-order valence-electron chi connectivity index (χ0n) is 14.9. The van der Waals surface area contributed by atoms with E-state index in [-0.39, 0.29) is 0 Å². The second kappa shape index (κ2) is 5.24. The standard InChI is InChI=1S/C25H17NO/c1-16-7-6-8-17(13-16)26-22-11-4-2-9-18(22)20-14-21-19-10-3-5-12-24(19)27-25(21)15-23(20)26/h2-15H,1H3. The fraction of sp³-hybridized carbons (Fsp3) is 0.0400. The average molecular weight is 347 g/mol. The van der Waals surface area contributed by atoms with Crippen LogP contribution in [0.15, 0.2) is 89.3 Å². The van der Waals surface area contributed by atoms with Gasteiger partial charge in [-0.25, -0.2) is 0 Å². The van der Waals surface area contributed by atoms with E-state index < -0.39 is 0 Å². The van der Waals surface area contributed by atoms with Gasteiger partial charge in [0.15, 0.2) is 0 Å². The van der Waals surface area contributed by atoms with Crippen molar-refractivity contribution in [2.45, 2.75) is 6.92 Å². The van der Waals surface area contributed by atoms with Crippen LogP contribution in [-0.2, 0) is 0 Å². The molecule has 0 aliphatic carbocycles. The molecule has 0 fully saturated rings. The van der Waals surface area contributed by atoms with Crippen LogP contribution in [0.25, 0.3) is 49.4 Å². The van der Waals surface area contributed by atoms with Gasteiger partial charge in [0.1, 0.15) is 11.2 Å². The van der Waals surface area contributed by atoms with Gasteiger partial charge in [0.2, 0.25) is 0 Å². The monoisotopic (exact) mass is 347 g/mol. The summed E-state index contributed by atoms with van der Waals surface area (Å²) < 4.78 is 8.50.